The molecule has 2 aliphatic rings. The molecule has 2 rings (SSSR count). The zero-order valence-electron chi connectivity index (χ0n) is 9.53. The van der Waals surface area contributed by atoms with Gasteiger partial charge in [-0.25, -0.2) is 0 Å². The van der Waals surface area contributed by atoms with E-state index in [0.29, 0.717) is 10.9 Å². The molecule has 2 aliphatic heterocycles. The molecular formula is C11H20O2S2. The minimum absolute atomic E-state index is 0.342. The van der Waals surface area contributed by atoms with Crippen molar-refractivity contribution in [1.82, 2.24) is 0 Å². The molecule has 0 N–H and O–H groups in total. The Morgan fingerprint density at radius 2 is 2.27 bits per heavy atom. The summed E-state index contributed by atoms with van der Waals surface area (Å²) in [6.45, 7) is 7.10. The molecule has 0 aromatic carbocycles. The number of rotatable bonds is 8. The molecule has 0 amide bonds. The lowest BCUT2D eigenvalue weighted by Crippen LogP contribution is -2.20. The first-order valence-corrected chi connectivity index (χ1v) is 7.66. The Labute approximate surface area is 101 Å². The highest BCUT2D eigenvalue weighted by Crippen LogP contribution is 2.44. The van der Waals surface area contributed by atoms with Crippen LogP contribution in [-0.4, -0.2) is 47.4 Å². The molecule has 2 heterocycles. The van der Waals surface area contributed by atoms with Gasteiger partial charge in [-0.2, -0.15) is 23.5 Å². The van der Waals surface area contributed by atoms with Gasteiger partial charge >= 0.3 is 0 Å². The van der Waals surface area contributed by atoms with E-state index in [4.69, 9.17) is 9.47 Å². The van der Waals surface area contributed by atoms with E-state index in [0.717, 1.165) is 31.5 Å². The lowest BCUT2D eigenvalue weighted by molar-refractivity contribution is 0.0289. The maximum absolute atomic E-state index is 5.79. The van der Waals surface area contributed by atoms with E-state index in [2.05, 4.69) is 13.8 Å². The van der Waals surface area contributed by atoms with Gasteiger partial charge in [0, 0.05) is 28.1 Å². The molecule has 15 heavy (non-hydrogen) atoms. The van der Waals surface area contributed by atoms with E-state index < -0.39 is 0 Å². The summed E-state index contributed by atoms with van der Waals surface area (Å²) in [6, 6.07) is 0. The summed E-state index contributed by atoms with van der Waals surface area (Å²) in [5.41, 5.74) is 0. The van der Waals surface area contributed by atoms with E-state index in [1.54, 1.807) is 0 Å². The Morgan fingerprint density at radius 3 is 2.87 bits per heavy atom. The van der Waals surface area contributed by atoms with Gasteiger partial charge in [-0.3, -0.25) is 0 Å². The Bertz CT molecular complexity index is 203. The molecule has 0 aromatic rings. The second-order valence-electron chi connectivity index (χ2n) is 4.68. The number of ether oxygens (including phenoxy) is 2. The normalized spacial score (nSPS) is 35.2. The van der Waals surface area contributed by atoms with Gasteiger partial charge in [0.1, 0.15) is 0 Å². The van der Waals surface area contributed by atoms with Crippen molar-refractivity contribution in [3.63, 3.8) is 0 Å². The van der Waals surface area contributed by atoms with Crippen molar-refractivity contribution in [2.75, 3.05) is 31.3 Å². The third-order valence-corrected chi connectivity index (χ3v) is 5.02. The molecule has 3 atom stereocenters. The SMILES string of the molecule is CC(CCOCC1CS1)OCC1(C)CS1. The fourth-order valence-corrected chi connectivity index (χ4v) is 2.14. The van der Waals surface area contributed by atoms with Crippen LogP contribution in [0.2, 0.25) is 0 Å². The smallest absolute Gasteiger partial charge is 0.0622 e. The van der Waals surface area contributed by atoms with Crippen molar-refractivity contribution in [2.45, 2.75) is 36.4 Å². The van der Waals surface area contributed by atoms with Crippen LogP contribution in [0.5, 0.6) is 0 Å². The summed E-state index contributed by atoms with van der Waals surface area (Å²) < 4.78 is 11.8. The predicted octanol–water partition coefficient (Wildman–Crippen LogP) is 2.42. The van der Waals surface area contributed by atoms with Crippen molar-refractivity contribution in [1.29, 1.82) is 0 Å². The number of thioether (sulfide) groups is 2. The average molecular weight is 248 g/mol. The van der Waals surface area contributed by atoms with Gasteiger partial charge in [-0.1, -0.05) is 0 Å². The third kappa shape index (κ3) is 4.98. The first-order chi connectivity index (χ1) is 7.18. The summed E-state index contributed by atoms with van der Waals surface area (Å²) >= 11 is 3.98. The monoisotopic (exact) mass is 248 g/mol. The molecule has 0 radical (unpaired) electrons. The molecule has 0 bridgehead atoms. The Kier molecular flexibility index (Phi) is 4.27. The predicted molar refractivity (Wildman–Crippen MR) is 68.0 cm³/mol. The van der Waals surface area contributed by atoms with Gasteiger partial charge in [0.25, 0.3) is 0 Å². The van der Waals surface area contributed by atoms with Crippen molar-refractivity contribution in [3.05, 3.63) is 0 Å². The molecule has 3 unspecified atom stereocenters. The third-order valence-electron chi connectivity index (χ3n) is 2.69. The summed E-state index contributed by atoms with van der Waals surface area (Å²) in [6.07, 6.45) is 1.37. The highest BCUT2D eigenvalue weighted by molar-refractivity contribution is 8.07. The standard InChI is InChI=1S/C11H20O2S2/c1-9(13-7-11(2)8-15-11)3-4-12-5-10-6-14-10/h9-10H,3-8H2,1-2H3. The van der Waals surface area contributed by atoms with E-state index >= 15 is 0 Å². The van der Waals surface area contributed by atoms with Crippen LogP contribution in [0.4, 0.5) is 0 Å². The molecule has 2 nitrogen and oxygen atoms in total. The molecule has 0 aromatic heterocycles. The van der Waals surface area contributed by atoms with Crippen LogP contribution in [0, 0.1) is 0 Å². The molecule has 0 saturated carbocycles. The summed E-state index contributed by atoms with van der Waals surface area (Å²) in [4.78, 5) is 0. The average Bonchev–Trinajstić information content (AvgIpc) is 3.08. The maximum atomic E-state index is 5.79. The molecular weight excluding hydrogens is 228 g/mol. The van der Waals surface area contributed by atoms with E-state index in [1.165, 1.54) is 11.5 Å². The number of hydrogen-bond donors (Lipinski definition) is 0. The van der Waals surface area contributed by atoms with Crippen molar-refractivity contribution in [3.8, 4) is 0 Å². The second-order valence-corrected chi connectivity index (χ2v) is 7.58. The van der Waals surface area contributed by atoms with Gasteiger partial charge < -0.3 is 9.47 Å². The molecule has 88 valence electrons. The van der Waals surface area contributed by atoms with Gasteiger partial charge in [0.2, 0.25) is 0 Å². The topological polar surface area (TPSA) is 18.5 Å². The zero-order chi connectivity index (χ0) is 10.7. The lowest BCUT2D eigenvalue weighted by atomic mass is 10.2. The van der Waals surface area contributed by atoms with Crippen molar-refractivity contribution in [2.24, 2.45) is 0 Å². The Morgan fingerprint density at radius 1 is 1.53 bits per heavy atom. The zero-order valence-corrected chi connectivity index (χ0v) is 11.2. The lowest BCUT2D eigenvalue weighted by Gasteiger charge is -2.15. The fourth-order valence-electron chi connectivity index (χ4n) is 1.24. The molecule has 0 spiro atoms. The van der Waals surface area contributed by atoms with Crippen LogP contribution in [0.25, 0.3) is 0 Å². The van der Waals surface area contributed by atoms with Crippen LogP contribution in [0.1, 0.15) is 20.3 Å². The maximum Gasteiger partial charge on any atom is 0.0622 e. The summed E-state index contributed by atoms with van der Waals surface area (Å²) in [5.74, 6) is 2.55. The number of hydrogen-bond acceptors (Lipinski definition) is 4. The Balaban J connectivity index is 1.42. The van der Waals surface area contributed by atoms with Gasteiger partial charge in [0.05, 0.1) is 19.3 Å². The molecule has 0 aliphatic carbocycles. The summed E-state index contributed by atoms with van der Waals surface area (Å²) in [5, 5.41) is 0.794. The van der Waals surface area contributed by atoms with Gasteiger partial charge in [-0.05, 0) is 20.3 Å². The van der Waals surface area contributed by atoms with Crippen molar-refractivity contribution >= 4 is 23.5 Å². The second kappa shape index (κ2) is 5.30. The summed E-state index contributed by atoms with van der Waals surface area (Å²) in [7, 11) is 0. The minimum atomic E-state index is 0.342. The van der Waals surface area contributed by atoms with Gasteiger partial charge in [0.15, 0.2) is 0 Å². The fraction of sp³-hybridized carbons (Fsp3) is 1.00. The van der Waals surface area contributed by atoms with E-state index in [9.17, 15) is 0 Å². The van der Waals surface area contributed by atoms with Crippen molar-refractivity contribution < 1.29 is 9.47 Å². The van der Waals surface area contributed by atoms with E-state index in [-0.39, 0.29) is 0 Å². The van der Waals surface area contributed by atoms with Gasteiger partial charge in [-0.15, -0.1) is 0 Å². The highest BCUT2D eigenvalue weighted by atomic mass is 32.2. The van der Waals surface area contributed by atoms with Crippen LogP contribution in [0.15, 0.2) is 0 Å². The van der Waals surface area contributed by atoms with Crippen LogP contribution < -0.4 is 0 Å². The van der Waals surface area contributed by atoms with Crippen LogP contribution >= 0.6 is 23.5 Å². The van der Waals surface area contributed by atoms with Crippen LogP contribution in [0.3, 0.4) is 0 Å². The molecule has 2 fully saturated rings. The quantitative estimate of drug-likeness (QED) is 0.485. The Hall–Kier alpha value is 0.620. The first-order valence-electron chi connectivity index (χ1n) is 5.63. The highest BCUT2D eigenvalue weighted by Gasteiger charge is 2.39. The van der Waals surface area contributed by atoms with Crippen LogP contribution in [-0.2, 0) is 9.47 Å². The molecule has 2 saturated heterocycles. The largest absolute Gasteiger partial charge is 0.380 e. The molecule has 4 heteroatoms. The first kappa shape index (κ1) is 12.1. The minimum Gasteiger partial charge on any atom is -0.380 e. The van der Waals surface area contributed by atoms with E-state index in [1.807, 2.05) is 23.5 Å².